The number of amides is 2. The Kier molecular flexibility index (Phi) is 7.23. The molecule has 0 aliphatic rings. The molecule has 1 aromatic rings. The van der Waals surface area contributed by atoms with Gasteiger partial charge in [0.05, 0.1) is 12.2 Å². The van der Waals surface area contributed by atoms with Crippen LogP contribution < -0.4 is 5.43 Å². The van der Waals surface area contributed by atoms with Crippen molar-refractivity contribution >= 4 is 30.1 Å². The third-order valence-electron chi connectivity index (χ3n) is 3.18. The fraction of sp³-hybridized carbons (Fsp3) is 0.471. The van der Waals surface area contributed by atoms with Crippen molar-refractivity contribution in [1.29, 1.82) is 0 Å². The summed E-state index contributed by atoms with van der Waals surface area (Å²) in [6, 6.07) is 6.52. The summed E-state index contributed by atoms with van der Waals surface area (Å²) in [6.45, 7) is 8.05. The molecule has 7 nitrogen and oxygen atoms in total. The first kappa shape index (κ1) is 20.8. The molecule has 138 valence electrons. The average molecular weight is 371 g/mol. The van der Waals surface area contributed by atoms with Crippen molar-refractivity contribution in [3.8, 4) is 0 Å². The van der Waals surface area contributed by atoms with Crippen molar-refractivity contribution in [3.05, 3.63) is 34.9 Å². The van der Waals surface area contributed by atoms with E-state index < -0.39 is 29.9 Å². The molecule has 0 saturated heterocycles. The number of hydrogen-bond donors (Lipinski definition) is 1. The van der Waals surface area contributed by atoms with Gasteiger partial charge in [0.2, 0.25) is 0 Å². The minimum absolute atomic E-state index is 0.262. The highest BCUT2D eigenvalue weighted by Gasteiger charge is 2.41. The fourth-order valence-corrected chi connectivity index (χ4v) is 2.37. The lowest BCUT2D eigenvalue weighted by atomic mass is 9.93. The van der Waals surface area contributed by atoms with Gasteiger partial charge >= 0.3 is 12.2 Å². The molecule has 2 amide bonds. The molecule has 0 saturated carbocycles. The van der Waals surface area contributed by atoms with Crippen molar-refractivity contribution in [1.82, 2.24) is 10.4 Å². The molecule has 0 spiro atoms. The van der Waals surface area contributed by atoms with Crippen LogP contribution in [0, 0.1) is 0 Å². The second-order valence-electron chi connectivity index (χ2n) is 6.08. The molecular formula is C17H23ClN2O5. The maximum absolute atomic E-state index is 12.5. The van der Waals surface area contributed by atoms with Crippen LogP contribution in [0.3, 0.4) is 0 Å². The van der Waals surface area contributed by atoms with Crippen LogP contribution in [0.5, 0.6) is 0 Å². The molecule has 0 aliphatic carbocycles. The Labute approximate surface area is 152 Å². The van der Waals surface area contributed by atoms with Crippen LogP contribution in [0.1, 0.15) is 40.2 Å². The van der Waals surface area contributed by atoms with E-state index >= 15 is 0 Å². The Hall–Kier alpha value is -2.28. The van der Waals surface area contributed by atoms with E-state index in [0.717, 1.165) is 5.01 Å². The van der Waals surface area contributed by atoms with Crippen LogP contribution >= 0.6 is 11.6 Å². The third kappa shape index (κ3) is 5.35. The normalized spacial score (nSPS) is 13.1. The lowest BCUT2D eigenvalue weighted by Gasteiger charge is -2.36. The van der Waals surface area contributed by atoms with Gasteiger partial charge in [0, 0.05) is 10.6 Å². The first-order valence-electron chi connectivity index (χ1n) is 7.81. The highest BCUT2D eigenvalue weighted by Crippen LogP contribution is 2.31. The first-order valence-corrected chi connectivity index (χ1v) is 8.19. The summed E-state index contributed by atoms with van der Waals surface area (Å²) in [5, 5.41) is 1.05. The van der Waals surface area contributed by atoms with E-state index in [1.165, 1.54) is 6.92 Å². The largest absolute Gasteiger partial charge is 0.446 e. The number of halogens is 1. The van der Waals surface area contributed by atoms with Crippen LogP contribution in [0.15, 0.2) is 24.3 Å². The predicted octanol–water partition coefficient (Wildman–Crippen LogP) is 3.65. The Morgan fingerprint density at radius 3 is 2.20 bits per heavy atom. The topological polar surface area (TPSA) is 84.9 Å². The molecule has 1 unspecified atom stereocenters. The fourth-order valence-electron chi connectivity index (χ4n) is 2.05. The van der Waals surface area contributed by atoms with Crippen LogP contribution in [-0.4, -0.2) is 35.7 Å². The number of carbonyl (C=O) groups is 3. The van der Waals surface area contributed by atoms with E-state index in [0.29, 0.717) is 11.8 Å². The Bertz CT molecular complexity index is 635. The van der Waals surface area contributed by atoms with E-state index in [-0.39, 0.29) is 5.02 Å². The quantitative estimate of drug-likeness (QED) is 0.631. The standard InChI is InChI=1S/C17H23ClN2O5/c1-11(2)24-15(22)19-20(16(23)25-12(3)4)17(5,10-21)13-8-6-7-9-14(13)18/h6-12H,1-5H3,(H,19,22). The molecular weight excluding hydrogens is 348 g/mol. The average Bonchev–Trinajstić information content (AvgIpc) is 2.51. The van der Waals surface area contributed by atoms with Crippen LogP contribution in [-0.2, 0) is 19.8 Å². The van der Waals surface area contributed by atoms with Gasteiger partial charge in [-0.15, -0.1) is 0 Å². The van der Waals surface area contributed by atoms with Crippen molar-refractivity contribution in [3.63, 3.8) is 0 Å². The van der Waals surface area contributed by atoms with E-state index in [1.54, 1.807) is 52.0 Å². The van der Waals surface area contributed by atoms with Gasteiger partial charge in [-0.05, 0) is 40.7 Å². The summed E-state index contributed by atoms with van der Waals surface area (Å²) < 4.78 is 10.1. The monoisotopic (exact) mass is 370 g/mol. The summed E-state index contributed by atoms with van der Waals surface area (Å²) in [6.07, 6.45) is -2.17. The maximum atomic E-state index is 12.5. The lowest BCUT2D eigenvalue weighted by molar-refractivity contribution is -0.119. The number of nitrogens with zero attached hydrogens (tertiary/aromatic N) is 1. The highest BCUT2D eigenvalue weighted by molar-refractivity contribution is 6.31. The Balaban J connectivity index is 3.31. The molecule has 1 aromatic carbocycles. The number of hydrogen-bond acceptors (Lipinski definition) is 5. The summed E-state index contributed by atoms with van der Waals surface area (Å²) >= 11 is 6.18. The van der Waals surface area contributed by atoms with Crippen molar-refractivity contribution in [2.75, 3.05) is 0 Å². The molecule has 0 fully saturated rings. The zero-order valence-corrected chi connectivity index (χ0v) is 15.7. The number of ether oxygens (including phenoxy) is 2. The van der Waals surface area contributed by atoms with Gasteiger partial charge in [-0.1, -0.05) is 29.8 Å². The summed E-state index contributed by atoms with van der Waals surface area (Å²) in [4.78, 5) is 36.4. The van der Waals surface area contributed by atoms with Gasteiger partial charge in [-0.2, -0.15) is 5.01 Å². The summed E-state index contributed by atoms with van der Waals surface area (Å²) in [5.41, 5.74) is 1.01. The van der Waals surface area contributed by atoms with Gasteiger partial charge in [-0.25, -0.2) is 15.0 Å². The lowest BCUT2D eigenvalue weighted by Crippen LogP contribution is -2.58. The smallest absolute Gasteiger partial charge is 0.430 e. The van der Waals surface area contributed by atoms with Gasteiger partial charge in [0.15, 0.2) is 6.29 Å². The third-order valence-corrected chi connectivity index (χ3v) is 3.51. The van der Waals surface area contributed by atoms with Crippen molar-refractivity contribution < 1.29 is 23.9 Å². The summed E-state index contributed by atoms with van der Waals surface area (Å²) in [7, 11) is 0. The molecule has 0 aromatic heterocycles. The maximum Gasteiger partial charge on any atom is 0.430 e. The van der Waals surface area contributed by atoms with Gasteiger partial charge in [0.1, 0.15) is 5.54 Å². The minimum Gasteiger partial charge on any atom is -0.446 e. The first-order chi connectivity index (χ1) is 11.6. The van der Waals surface area contributed by atoms with E-state index in [1.807, 2.05) is 0 Å². The van der Waals surface area contributed by atoms with Crippen LogP contribution in [0.4, 0.5) is 9.59 Å². The van der Waals surface area contributed by atoms with Crippen molar-refractivity contribution in [2.45, 2.75) is 52.4 Å². The van der Waals surface area contributed by atoms with Gasteiger partial charge in [0.25, 0.3) is 0 Å². The second kappa shape index (κ2) is 8.71. The molecule has 1 atom stereocenters. The molecule has 1 N–H and O–H groups in total. The van der Waals surface area contributed by atoms with Gasteiger partial charge in [-0.3, -0.25) is 0 Å². The SMILES string of the molecule is CC(C)OC(=O)NN(C(=O)OC(C)C)C(C)(C=O)c1ccccc1Cl. The molecule has 8 heteroatoms. The number of carbonyl (C=O) groups excluding carboxylic acids is 3. The van der Waals surface area contributed by atoms with Crippen LogP contribution in [0.2, 0.25) is 5.02 Å². The number of rotatable bonds is 5. The Morgan fingerprint density at radius 2 is 1.72 bits per heavy atom. The molecule has 0 bridgehead atoms. The molecule has 0 aliphatic heterocycles. The molecule has 25 heavy (non-hydrogen) atoms. The number of hydrazine groups is 1. The number of aldehydes is 1. The van der Waals surface area contributed by atoms with Crippen LogP contribution in [0.25, 0.3) is 0 Å². The molecule has 0 heterocycles. The van der Waals surface area contributed by atoms with Gasteiger partial charge < -0.3 is 14.3 Å². The molecule has 1 rings (SSSR count). The highest BCUT2D eigenvalue weighted by atomic mass is 35.5. The zero-order valence-electron chi connectivity index (χ0n) is 14.9. The summed E-state index contributed by atoms with van der Waals surface area (Å²) in [5.74, 6) is 0. The van der Waals surface area contributed by atoms with Crippen molar-refractivity contribution in [2.24, 2.45) is 0 Å². The van der Waals surface area contributed by atoms with E-state index in [4.69, 9.17) is 21.1 Å². The van der Waals surface area contributed by atoms with E-state index in [2.05, 4.69) is 5.43 Å². The minimum atomic E-state index is -1.60. The van der Waals surface area contributed by atoms with E-state index in [9.17, 15) is 14.4 Å². The molecule has 0 radical (unpaired) electrons. The second-order valence-corrected chi connectivity index (χ2v) is 6.49. The number of benzene rings is 1. The predicted molar refractivity (Wildman–Crippen MR) is 93.1 cm³/mol. The number of nitrogens with one attached hydrogen (secondary N) is 1. The Morgan fingerprint density at radius 1 is 1.16 bits per heavy atom. The zero-order chi connectivity index (χ0) is 19.2.